The Hall–Kier alpha value is -3.81. The highest BCUT2D eigenvalue weighted by Gasteiger charge is 2.23. The third-order valence-electron chi connectivity index (χ3n) is 6.13. The van der Waals surface area contributed by atoms with Gasteiger partial charge in [-0.1, -0.05) is 42.5 Å². The van der Waals surface area contributed by atoms with E-state index in [-0.39, 0.29) is 12.5 Å². The molecule has 4 aromatic rings. The number of hydrogen-bond donors (Lipinski definition) is 1. The summed E-state index contributed by atoms with van der Waals surface area (Å²) < 4.78 is 15.7. The van der Waals surface area contributed by atoms with Gasteiger partial charge in [0, 0.05) is 13.1 Å². The average Bonchev–Trinajstić information content (AvgIpc) is 3.27. The Morgan fingerprint density at radius 2 is 1.73 bits per heavy atom. The molecular weight excluding hydrogens is 419 g/mol. The van der Waals surface area contributed by atoms with E-state index in [1.165, 1.54) is 16.1 Å². The Morgan fingerprint density at radius 3 is 2.52 bits per heavy atom. The van der Waals surface area contributed by atoms with Crippen LogP contribution in [0, 0.1) is 11.7 Å². The predicted octanol–water partition coefficient (Wildman–Crippen LogP) is 3.82. The van der Waals surface area contributed by atoms with Crippen LogP contribution in [0.3, 0.4) is 0 Å². The van der Waals surface area contributed by atoms with Gasteiger partial charge in [0.05, 0.1) is 12.1 Å². The van der Waals surface area contributed by atoms with Crippen LogP contribution < -0.4 is 5.32 Å². The quantitative estimate of drug-likeness (QED) is 0.489. The number of benzene rings is 2. The smallest absolute Gasteiger partial charge is 0.241 e. The molecule has 3 heterocycles. The molecule has 33 heavy (non-hydrogen) atoms. The highest BCUT2D eigenvalue weighted by Crippen LogP contribution is 2.23. The molecule has 1 fully saturated rings. The molecule has 8 heteroatoms. The minimum absolute atomic E-state index is 0.0492. The molecule has 0 unspecified atom stereocenters. The van der Waals surface area contributed by atoms with Gasteiger partial charge in [0.15, 0.2) is 11.5 Å². The fraction of sp³-hybridized carbons (Fsp3) is 0.280. The molecule has 1 saturated heterocycles. The summed E-state index contributed by atoms with van der Waals surface area (Å²) in [5, 5.41) is 15.7. The fourth-order valence-electron chi connectivity index (χ4n) is 4.31. The Morgan fingerprint density at radius 1 is 0.970 bits per heavy atom. The first-order valence-electron chi connectivity index (χ1n) is 11.2. The number of hydrogen-bond acceptors (Lipinski definition) is 5. The Labute approximate surface area is 191 Å². The molecule has 5 rings (SSSR count). The molecule has 0 atom stereocenters. The molecule has 1 aliphatic rings. The highest BCUT2D eigenvalue weighted by molar-refractivity contribution is 5.80. The first-order chi connectivity index (χ1) is 16.2. The molecule has 168 valence electrons. The van der Waals surface area contributed by atoms with Crippen LogP contribution in [0.25, 0.3) is 17.0 Å². The van der Waals surface area contributed by atoms with Crippen molar-refractivity contribution < 1.29 is 9.18 Å². The number of amides is 1. The van der Waals surface area contributed by atoms with Crippen LogP contribution in [0.2, 0.25) is 0 Å². The van der Waals surface area contributed by atoms with Crippen LogP contribution in [0.5, 0.6) is 0 Å². The monoisotopic (exact) mass is 444 g/mol. The Kier molecular flexibility index (Phi) is 5.97. The molecule has 2 aromatic heterocycles. The van der Waals surface area contributed by atoms with E-state index in [0.717, 1.165) is 32.4 Å². The van der Waals surface area contributed by atoms with Crippen molar-refractivity contribution in [2.75, 3.05) is 25.0 Å². The second-order valence-corrected chi connectivity index (χ2v) is 8.36. The lowest BCUT2D eigenvalue weighted by atomic mass is 9.90. The lowest BCUT2D eigenvalue weighted by Gasteiger charge is -2.32. The second-order valence-electron chi connectivity index (χ2n) is 8.36. The summed E-state index contributed by atoms with van der Waals surface area (Å²) >= 11 is 0. The third kappa shape index (κ3) is 4.69. The molecule has 1 N–H and O–H groups in total. The first-order valence-corrected chi connectivity index (χ1v) is 11.2. The zero-order valence-corrected chi connectivity index (χ0v) is 18.2. The van der Waals surface area contributed by atoms with Crippen molar-refractivity contribution in [2.45, 2.75) is 19.3 Å². The Balaban J connectivity index is 1.19. The zero-order chi connectivity index (χ0) is 22.6. The standard InChI is InChI=1S/C25H25FN6O/c26-21-9-5-4-8-20(21)25-29-28-23-11-10-22(30-32(23)25)27-17-24(33)31-14-12-19(13-15-31)16-18-6-2-1-3-7-18/h1-11,19H,12-17H2,(H,27,30). The van der Waals surface area contributed by atoms with Gasteiger partial charge < -0.3 is 10.2 Å². The summed E-state index contributed by atoms with van der Waals surface area (Å²) in [6, 6.07) is 20.4. The molecule has 0 bridgehead atoms. The number of piperidine rings is 1. The second kappa shape index (κ2) is 9.36. The van der Waals surface area contributed by atoms with E-state index >= 15 is 0 Å². The summed E-state index contributed by atoms with van der Waals surface area (Å²) in [7, 11) is 0. The number of anilines is 1. The van der Waals surface area contributed by atoms with Crippen molar-refractivity contribution in [2.24, 2.45) is 5.92 Å². The summed E-state index contributed by atoms with van der Waals surface area (Å²) in [5.74, 6) is 1.09. The number of halogens is 1. The van der Waals surface area contributed by atoms with Crippen molar-refractivity contribution in [3.05, 3.63) is 78.1 Å². The van der Waals surface area contributed by atoms with E-state index in [1.54, 1.807) is 30.3 Å². The molecular formula is C25H25FN6O. The van der Waals surface area contributed by atoms with Gasteiger partial charge in [-0.15, -0.1) is 15.3 Å². The van der Waals surface area contributed by atoms with Crippen LogP contribution in [-0.4, -0.2) is 50.3 Å². The predicted molar refractivity (Wildman–Crippen MR) is 124 cm³/mol. The molecule has 2 aromatic carbocycles. The van der Waals surface area contributed by atoms with Gasteiger partial charge in [-0.05, 0) is 55.0 Å². The number of carbonyl (C=O) groups excluding carboxylic acids is 1. The normalized spacial score (nSPS) is 14.5. The van der Waals surface area contributed by atoms with E-state index in [2.05, 4.69) is 44.9 Å². The lowest BCUT2D eigenvalue weighted by molar-refractivity contribution is -0.130. The topological polar surface area (TPSA) is 75.4 Å². The van der Waals surface area contributed by atoms with Crippen LogP contribution in [0.1, 0.15) is 18.4 Å². The van der Waals surface area contributed by atoms with Gasteiger partial charge in [0.2, 0.25) is 5.91 Å². The van der Waals surface area contributed by atoms with Crippen molar-refractivity contribution >= 4 is 17.4 Å². The molecule has 0 radical (unpaired) electrons. The highest BCUT2D eigenvalue weighted by atomic mass is 19.1. The summed E-state index contributed by atoms with van der Waals surface area (Å²) in [6.07, 6.45) is 3.09. The SMILES string of the molecule is O=C(CNc1ccc2nnc(-c3ccccc3F)n2n1)N1CCC(Cc2ccccc2)CC1. The van der Waals surface area contributed by atoms with E-state index in [9.17, 15) is 9.18 Å². The maximum absolute atomic E-state index is 14.2. The fourth-order valence-corrected chi connectivity index (χ4v) is 4.31. The number of nitrogens with zero attached hydrogens (tertiary/aromatic N) is 5. The van der Waals surface area contributed by atoms with Crippen LogP contribution >= 0.6 is 0 Å². The van der Waals surface area contributed by atoms with E-state index < -0.39 is 5.82 Å². The number of carbonyl (C=O) groups is 1. The van der Waals surface area contributed by atoms with Crippen molar-refractivity contribution in [3.8, 4) is 11.4 Å². The largest absolute Gasteiger partial charge is 0.360 e. The molecule has 0 saturated carbocycles. The van der Waals surface area contributed by atoms with Gasteiger partial charge in [0.25, 0.3) is 0 Å². The lowest BCUT2D eigenvalue weighted by Crippen LogP contribution is -2.41. The van der Waals surface area contributed by atoms with E-state index in [0.29, 0.717) is 28.8 Å². The number of fused-ring (bicyclic) bond motifs is 1. The Bertz CT molecular complexity index is 1250. The minimum atomic E-state index is -0.391. The molecule has 0 spiro atoms. The molecule has 7 nitrogen and oxygen atoms in total. The van der Waals surface area contributed by atoms with Crippen molar-refractivity contribution in [1.82, 2.24) is 24.7 Å². The van der Waals surface area contributed by atoms with Gasteiger partial charge >= 0.3 is 0 Å². The van der Waals surface area contributed by atoms with Crippen LogP contribution in [-0.2, 0) is 11.2 Å². The summed E-state index contributed by atoms with van der Waals surface area (Å²) in [5.41, 5.74) is 2.18. The van der Waals surface area contributed by atoms with Crippen molar-refractivity contribution in [1.29, 1.82) is 0 Å². The third-order valence-corrected chi connectivity index (χ3v) is 6.13. The number of nitrogens with one attached hydrogen (secondary N) is 1. The van der Waals surface area contributed by atoms with Crippen LogP contribution in [0.15, 0.2) is 66.7 Å². The van der Waals surface area contributed by atoms with Crippen LogP contribution in [0.4, 0.5) is 10.2 Å². The summed E-state index contributed by atoms with van der Waals surface area (Å²) in [6.45, 7) is 1.69. The summed E-state index contributed by atoms with van der Waals surface area (Å²) in [4.78, 5) is 14.7. The van der Waals surface area contributed by atoms with Gasteiger partial charge in [-0.2, -0.15) is 4.52 Å². The van der Waals surface area contributed by atoms with Gasteiger partial charge in [0.1, 0.15) is 11.6 Å². The van der Waals surface area contributed by atoms with Gasteiger partial charge in [-0.3, -0.25) is 4.79 Å². The maximum atomic E-state index is 14.2. The average molecular weight is 445 g/mol. The first kappa shape index (κ1) is 21.1. The zero-order valence-electron chi connectivity index (χ0n) is 18.2. The van der Waals surface area contributed by atoms with Crippen molar-refractivity contribution in [3.63, 3.8) is 0 Å². The minimum Gasteiger partial charge on any atom is -0.360 e. The van der Waals surface area contributed by atoms with E-state index in [4.69, 9.17) is 0 Å². The number of rotatable bonds is 6. The molecule has 1 amide bonds. The number of likely N-dealkylation sites (tertiary alicyclic amines) is 1. The maximum Gasteiger partial charge on any atom is 0.241 e. The molecule has 0 aliphatic carbocycles. The number of aromatic nitrogens is 4. The van der Waals surface area contributed by atoms with Gasteiger partial charge in [-0.25, -0.2) is 4.39 Å². The molecule has 1 aliphatic heterocycles. The van der Waals surface area contributed by atoms with E-state index in [1.807, 2.05) is 11.0 Å².